The highest BCUT2D eigenvalue weighted by molar-refractivity contribution is 7.98. The lowest BCUT2D eigenvalue weighted by Crippen LogP contribution is -2.04. The minimum Gasteiger partial charge on any atom is -0.497 e. The van der Waals surface area contributed by atoms with Gasteiger partial charge in [0.1, 0.15) is 5.75 Å². The Balaban J connectivity index is 1.42. The summed E-state index contributed by atoms with van der Waals surface area (Å²) in [4.78, 5) is 4.40. The third kappa shape index (κ3) is 4.15. The van der Waals surface area contributed by atoms with Gasteiger partial charge in [0, 0.05) is 5.56 Å². The Labute approximate surface area is 169 Å². The summed E-state index contributed by atoms with van der Waals surface area (Å²) in [6, 6.07) is 15.1. The number of hydrogen-bond acceptors (Lipinski definition) is 8. The van der Waals surface area contributed by atoms with Crippen molar-refractivity contribution in [3.63, 3.8) is 0 Å². The van der Waals surface area contributed by atoms with E-state index >= 15 is 0 Å². The fourth-order valence-electron chi connectivity index (χ4n) is 2.49. The molecule has 0 saturated carbocycles. The van der Waals surface area contributed by atoms with Crippen molar-refractivity contribution in [1.82, 2.24) is 30.3 Å². The molecule has 142 valence electrons. The Kier molecular flexibility index (Phi) is 5.54. The largest absolute Gasteiger partial charge is 0.497 e. The molecule has 10 heteroatoms. The van der Waals surface area contributed by atoms with Gasteiger partial charge < -0.3 is 9.26 Å². The molecule has 0 unspecified atom stereocenters. The molecule has 28 heavy (non-hydrogen) atoms. The number of rotatable bonds is 7. The van der Waals surface area contributed by atoms with Gasteiger partial charge in [-0.05, 0) is 40.3 Å². The number of methoxy groups -OCH3 is 1. The van der Waals surface area contributed by atoms with Gasteiger partial charge in [-0.1, -0.05) is 52.8 Å². The summed E-state index contributed by atoms with van der Waals surface area (Å²) in [5.41, 5.74) is 1.79. The van der Waals surface area contributed by atoms with Gasteiger partial charge in [0.2, 0.25) is 16.9 Å². The van der Waals surface area contributed by atoms with Crippen LogP contribution in [0.2, 0.25) is 5.02 Å². The quantitative estimate of drug-likeness (QED) is 0.422. The van der Waals surface area contributed by atoms with Crippen molar-refractivity contribution in [2.24, 2.45) is 0 Å². The van der Waals surface area contributed by atoms with E-state index in [0.717, 1.165) is 16.9 Å². The van der Waals surface area contributed by atoms with Gasteiger partial charge >= 0.3 is 0 Å². The lowest BCUT2D eigenvalue weighted by atomic mass is 10.2. The van der Waals surface area contributed by atoms with E-state index in [2.05, 4.69) is 25.7 Å². The van der Waals surface area contributed by atoms with Crippen LogP contribution in [0, 0.1) is 0 Å². The molecule has 0 bridgehead atoms. The van der Waals surface area contributed by atoms with Gasteiger partial charge in [-0.25, -0.2) is 4.68 Å². The zero-order chi connectivity index (χ0) is 19.3. The predicted molar refractivity (Wildman–Crippen MR) is 104 cm³/mol. The molecule has 0 saturated heterocycles. The molecular formula is C18H15ClN6O2S. The van der Waals surface area contributed by atoms with Crippen LogP contribution >= 0.6 is 23.4 Å². The van der Waals surface area contributed by atoms with Crippen molar-refractivity contribution < 1.29 is 9.26 Å². The van der Waals surface area contributed by atoms with E-state index < -0.39 is 0 Å². The molecule has 0 radical (unpaired) electrons. The first-order valence-electron chi connectivity index (χ1n) is 8.32. The Morgan fingerprint density at radius 1 is 1.14 bits per heavy atom. The molecule has 2 aromatic carbocycles. The smallest absolute Gasteiger partial charge is 0.237 e. The van der Waals surface area contributed by atoms with Gasteiger partial charge in [-0.15, -0.1) is 5.10 Å². The maximum absolute atomic E-state index is 6.18. The van der Waals surface area contributed by atoms with Crippen LogP contribution in [0.5, 0.6) is 5.75 Å². The first-order valence-corrected chi connectivity index (χ1v) is 9.68. The van der Waals surface area contributed by atoms with Crippen molar-refractivity contribution in [2.45, 2.75) is 17.5 Å². The second-order valence-corrected chi connectivity index (χ2v) is 7.10. The number of thioether (sulfide) groups is 1. The molecule has 0 aliphatic rings. The van der Waals surface area contributed by atoms with Crippen LogP contribution in [-0.4, -0.2) is 37.5 Å². The molecule has 0 fully saturated rings. The molecule has 0 atom stereocenters. The van der Waals surface area contributed by atoms with Crippen LogP contribution in [-0.2, 0) is 12.3 Å². The highest BCUT2D eigenvalue weighted by atomic mass is 35.5. The fraction of sp³-hybridized carbons (Fsp3) is 0.167. The van der Waals surface area contributed by atoms with E-state index in [4.69, 9.17) is 20.9 Å². The standard InChI is InChI=1S/C18H15ClN6O2S/c1-26-13-8-6-12(7-9-13)10-25-18(21-23-24-25)28-11-16-20-17(22-27-16)14-4-2-3-5-15(14)19/h2-9H,10-11H2,1H3. The summed E-state index contributed by atoms with van der Waals surface area (Å²) in [5.74, 6) is 2.18. The summed E-state index contributed by atoms with van der Waals surface area (Å²) in [6.07, 6.45) is 0. The minimum atomic E-state index is 0.445. The van der Waals surface area contributed by atoms with Gasteiger partial charge in [0.25, 0.3) is 0 Å². The highest BCUT2D eigenvalue weighted by Crippen LogP contribution is 2.26. The van der Waals surface area contributed by atoms with E-state index in [1.165, 1.54) is 11.8 Å². The molecular weight excluding hydrogens is 400 g/mol. The zero-order valence-electron chi connectivity index (χ0n) is 14.8. The normalized spacial score (nSPS) is 10.9. The maximum atomic E-state index is 6.18. The predicted octanol–water partition coefficient (Wildman–Crippen LogP) is 3.73. The van der Waals surface area contributed by atoms with E-state index in [-0.39, 0.29) is 0 Å². The zero-order valence-corrected chi connectivity index (χ0v) is 16.4. The SMILES string of the molecule is COc1ccc(Cn2nnnc2SCc2nc(-c3ccccc3Cl)no2)cc1. The number of benzene rings is 2. The van der Waals surface area contributed by atoms with Crippen LogP contribution in [0.15, 0.2) is 58.2 Å². The number of ether oxygens (including phenoxy) is 1. The summed E-state index contributed by atoms with van der Waals surface area (Å²) in [5, 5.41) is 17.1. The number of aromatic nitrogens is 6. The van der Waals surface area contributed by atoms with Crippen molar-refractivity contribution in [2.75, 3.05) is 7.11 Å². The Morgan fingerprint density at radius 2 is 1.96 bits per heavy atom. The first-order chi connectivity index (χ1) is 13.7. The molecule has 2 heterocycles. The average molecular weight is 415 g/mol. The first kappa shape index (κ1) is 18.5. The molecule has 8 nitrogen and oxygen atoms in total. The molecule has 0 spiro atoms. The van der Waals surface area contributed by atoms with E-state index in [0.29, 0.717) is 34.2 Å². The number of tetrazole rings is 1. The van der Waals surface area contributed by atoms with E-state index in [1.807, 2.05) is 42.5 Å². The molecule has 4 aromatic rings. The number of halogens is 1. The molecule has 2 aromatic heterocycles. The third-order valence-corrected chi connectivity index (χ3v) is 5.17. The summed E-state index contributed by atoms with van der Waals surface area (Å²) < 4.78 is 12.2. The monoisotopic (exact) mass is 414 g/mol. The summed E-state index contributed by atoms with van der Waals surface area (Å²) >= 11 is 7.60. The molecule has 0 aliphatic carbocycles. The van der Waals surface area contributed by atoms with Gasteiger partial charge in [-0.2, -0.15) is 4.98 Å². The summed E-state index contributed by atoms with van der Waals surface area (Å²) in [7, 11) is 1.64. The maximum Gasteiger partial charge on any atom is 0.237 e. The molecule has 0 amide bonds. The average Bonchev–Trinajstić information content (AvgIpc) is 3.37. The second-order valence-electron chi connectivity index (χ2n) is 5.75. The Morgan fingerprint density at radius 3 is 2.75 bits per heavy atom. The second kappa shape index (κ2) is 8.41. The molecule has 4 rings (SSSR count). The molecule has 0 N–H and O–H groups in total. The van der Waals surface area contributed by atoms with Crippen molar-refractivity contribution >= 4 is 23.4 Å². The van der Waals surface area contributed by atoms with Gasteiger partial charge in [0.05, 0.1) is 24.4 Å². The van der Waals surface area contributed by atoms with Crippen LogP contribution in [0.1, 0.15) is 11.5 Å². The van der Waals surface area contributed by atoms with Crippen LogP contribution in [0.3, 0.4) is 0 Å². The third-order valence-electron chi connectivity index (χ3n) is 3.90. The van der Waals surface area contributed by atoms with Gasteiger partial charge in [0.15, 0.2) is 0 Å². The Hall–Kier alpha value is -2.91. The fourth-order valence-corrected chi connectivity index (χ4v) is 3.43. The highest BCUT2D eigenvalue weighted by Gasteiger charge is 2.14. The van der Waals surface area contributed by atoms with E-state index in [1.54, 1.807) is 17.9 Å². The van der Waals surface area contributed by atoms with Crippen molar-refractivity contribution in [3.8, 4) is 17.1 Å². The van der Waals surface area contributed by atoms with Crippen LogP contribution < -0.4 is 4.74 Å². The Bertz CT molecular complexity index is 1070. The lowest BCUT2D eigenvalue weighted by molar-refractivity contribution is 0.391. The van der Waals surface area contributed by atoms with Crippen molar-refractivity contribution in [3.05, 3.63) is 65.0 Å². The summed E-state index contributed by atoms with van der Waals surface area (Å²) in [6.45, 7) is 0.550. The lowest BCUT2D eigenvalue weighted by Gasteiger charge is -2.05. The minimum absolute atomic E-state index is 0.445. The van der Waals surface area contributed by atoms with Crippen LogP contribution in [0.25, 0.3) is 11.4 Å². The number of nitrogens with zero attached hydrogens (tertiary/aromatic N) is 6. The molecule has 0 aliphatic heterocycles. The van der Waals surface area contributed by atoms with Crippen LogP contribution in [0.4, 0.5) is 0 Å². The topological polar surface area (TPSA) is 91.8 Å². The van der Waals surface area contributed by atoms with Gasteiger partial charge in [-0.3, -0.25) is 0 Å². The van der Waals surface area contributed by atoms with Crippen molar-refractivity contribution in [1.29, 1.82) is 0 Å². The number of hydrogen-bond donors (Lipinski definition) is 0. The van der Waals surface area contributed by atoms with E-state index in [9.17, 15) is 0 Å².